The molecule has 2 N–H and O–H groups in total. The maximum atomic E-state index is 9.23. The molecule has 0 aliphatic carbocycles. The lowest BCUT2D eigenvalue weighted by Gasteiger charge is -2.14. The molecule has 2 rings (SSSR count). The number of hydrogen-bond donors (Lipinski definition) is 2. The Morgan fingerprint density at radius 3 is 2.88 bits per heavy atom. The number of aromatic amines is 1. The molecule has 2 aromatic rings. The van der Waals surface area contributed by atoms with Gasteiger partial charge in [0.1, 0.15) is 0 Å². The van der Waals surface area contributed by atoms with E-state index in [1.807, 2.05) is 25.3 Å². The first kappa shape index (κ1) is 10.9. The second kappa shape index (κ2) is 4.49. The lowest BCUT2D eigenvalue weighted by Crippen LogP contribution is -2.02. The molecular weight excluding hydrogens is 200 g/mol. The number of nitrogens with one attached hydrogen (secondary N) is 1. The normalized spacial score (nSPS) is 12.7. The van der Waals surface area contributed by atoms with Crippen molar-refractivity contribution < 1.29 is 5.11 Å². The largest absolute Gasteiger partial charge is 0.392 e. The van der Waals surface area contributed by atoms with E-state index in [2.05, 4.69) is 23.0 Å². The monoisotopic (exact) mass is 216 g/mol. The number of aliphatic hydroxyl groups excluding tert-OH is 1. The van der Waals surface area contributed by atoms with Gasteiger partial charge < -0.3 is 10.1 Å². The van der Waals surface area contributed by atoms with E-state index in [1.165, 1.54) is 5.56 Å². The molecule has 0 bridgehead atoms. The van der Waals surface area contributed by atoms with Gasteiger partial charge in [-0.1, -0.05) is 25.1 Å². The van der Waals surface area contributed by atoms with Crippen LogP contribution in [0.25, 0.3) is 0 Å². The van der Waals surface area contributed by atoms with Crippen LogP contribution in [0.5, 0.6) is 0 Å². The second-order valence-electron chi connectivity index (χ2n) is 4.01. The molecule has 0 spiro atoms. The highest BCUT2D eigenvalue weighted by atomic mass is 16.3. The number of hydrogen-bond acceptors (Lipinski definition) is 2. The molecule has 0 fully saturated rings. The number of rotatable bonds is 3. The maximum absolute atomic E-state index is 9.23. The van der Waals surface area contributed by atoms with Gasteiger partial charge in [-0.05, 0) is 23.6 Å². The van der Waals surface area contributed by atoms with Crippen LogP contribution in [0.1, 0.15) is 35.2 Å². The fourth-order valence-electron chi connectivity index (χ4n) is 2.01. The number of benzene rings is 1. The van der Waals surface area contributed by atoms with Crippen molar-refractivity contribution in [3.63, 3.8) is 0 Å². The molecule has 0 amide bonds. The first-order chi connectivity index (χ1) is 7.74. The van der Waals surface area contributed by atoms with Gasteiger partial charge in [0.2, 0.25) is 0 Å². The van der Waals surface area contributed by atoms with Gasteiger partial charge in [-0.3, -0.25) is 0 Å². The smallest absolute Gasteiger partial charge is 0.0923 e. The molecule has 1 aromatic carbocycles. The van der Waals surface area contributed by atoms with Crippen molar-refractivity contribution in [2.24, 2.45) is 0 Å². The summed E-state index contributed by atoms with van der Waals surface area (Å²) in [6.45, 7) is 4.26. The summed E-state index contributed by atoms with van der Waals surface area (Å²) < 4.78 is 0. The van der Waals surface area contributed by atoms with Gasteiger partial charge in [0.25, 0.3) is 0 Å². The Morgan fingerprint density at radius 2 is 2.25 bits per heavy atom. The zero-order valence-corrected chi connectivity index (χ0v) is 9.57. The lowest BCUT2D eigenvalue weighted by atomic mass is 9.91. The van der Waals surface area contributed by atoms with Crippen molar-refractivity contribution in [3.8, 4) is 0 Å². The molecule has 0 saturated carbocycles. The molecule has 0 saturated heterocycles. The van der Waals surface area contributed by atoms with Gasteiger partial charge in [0.15, 0.2) is 0 Å². The molecule has 16 heavy (non-hydrogen) atoms. The molecule has 0 aliphatic rings. The average Bonchev–Trinajstić information content (AvgIpc) is 2.82. The molecule has 0 aliphatic heterocycles. The topological polar surface area (TPSA) is 48.9 Å². The van der Waals surface area contributed by atoms with Crippen LogP contribution >= 0.6 is 0 Å². The summed E-state index contributed by atoms with van der Waals surface area (Å²) in [5, 5.41) is 9.23. The summed E-state index contributed by atoms with van der Waals surface area (Å²) in [4.78, 5) is 7.24. The third-order valence-electron chi connectivity index (χ3n) is 3.09. The van der Waals surface area contributed by atoms with Gasteiger partial charge >= 0.3 is 0 Å². The fraction of sp³-hybridized carbons (Fsp3) is 0.308. The van der Waals surface area contributed by atoms with E-state index in [-0.39, 0.29) is 12.5 Å². The summed E-state index contributed by atoms with van der Waals surface area (Å²) in [6, 6.07) is 6.03. The number of aliphatic hydroxyl groups is 1. The summed E-state index contributed by atoms with van der Waals surface area (Å²) in [5.74, 6) is 0.248. The van der Waals surface area contributed by atoms with E-state index >= 15 is 0 Å². The number of nitrogens with zero attached hydrogens (tertiary/aromatic N) is 1. The average molecular weight is 216 g/mol. The van der Waals surface area contributed by atoms with Crippen molar-refractivity contribution in [2.45, 2.75) is 26.4 Å². The first-order valence-corrected chi connectivity index (χ1v) is 5.42. The molecular formula is C13H16N2O. The van der Waals surface area contributed by atoms with Crippen LogP contribution < -0.4 is 0 Å². The quantitative estimate of drug-likeness (QED) is 0.827. The third kappa shape index (κ3) is 1.86. The molecule has 3 heteroatoms. The Hall–Kier alpha value is -1.61. The fourth-order valence-corrected chi connectivity index (χ4v) is 2.01. The second-order valence-corrected chi connectivity index (χ2v) is 4.01. The van der Waals surface area contributed by atoms with E-state index < -0.39 is 0 Å². The van der Waals surface area contributed by atoms with E-state index in [9.17, 15) is 5.11 Å². The molecule has 1 aromatic heterocycles. The minimum atomic E-state index is 0.0902. The maximum Gasteiger partial charge on any atom is 0.0923 e. The van der Waals surface area contributed by atoms with Gasteiger partial charge in [-0.25, -0.2) is 4.98 Å². The highest BCUT2D eigenvalue weighted by molar-refractivity contribution is 5.38. The van der Waals surface area contributed by atoms with Crippen molar-refractivity contribution >= 4 is 0 Å². The SMILES string of the molecule is Cc1c(CO)cccc1[C@@H](C)c1c[nH]cn1. The Morgan fingerprint density at radius 1 is 1.44 bits per heavy atom. The Kier molecular flexibility index (Phi) is 3.06. The third-order valence-corrected chi connectivity index (χ3v) is 3.09. The minimum absolute atomic E-state index is 0.0902. The predicted molar refractivity (Wildman–Crippen MR) is 63.2 cm³/mol. The zero-order chi connectivity index (χ0) is 11.5. The van der Waals surface area contributed by atoms with E-state index in [0.717, 1.165) is 16.8 Å². The van der Waals surface area contributed by atoms with E-state index in [1.54, 1.807) is 6.33 Å². The van der Waals surface area contributed by atoms with Gasteiger partial charge in [0.05, 0.1) is 18.6 Å². The van der Waals surface area contributed by atoms with Crippen molar-refractivity contribution in [2.75, 3.05) is 0 Å². The molecule has 84 valence electrons. The Labute approximate surface area is 95.2 Å². The summed E-state index contributed by atoms with van der Waals surface area (Å²) in [5.41, 5.74) is 4.39. The van der Waals surface area contributed by atoms with Crippen LogP contribution in [0, 0.1) is 6.92 Å². The van der Waals surface area contributed by atoms with Gasteiger partial charge in [-0.15, -0.1) is 0 Å². The lowest BCUT2D eigenvalue weighted by molar-refractivity contribution is 0.281. The van der Waals surface area contributed by atoms with Gasteiger partial charge in [-0.2, -0.15) is 0 Å². The van der Waals surface area contributed by atoms with Crippen LogP contribution in [-0.2, 0) is 6.61 Å². The Bertz CT molecular complexity index is 463. The van der Waals surface area contributed by atoms with Crippen molar-refractivity contribution in [3.05, 3.63) is 53.1 Å². The van der Waals surface area contributed by atoms with Crippen LogP contribution in [0.15, 0.2) is 30.7 Å². The van der Waals surface area contributed by atoms with Gasteiger partial charge in [0, 0.05) is 12.1 Å². The zero-order valence-electron chi connectivity index (χ0n) is 9.57. The number of imidazole rings is 1. The van der Waals surface area contributed by atoms with Crippen LogP contribution in [0.2, 0.25) is 0 Å². The molecule has 0 radical (unpaired) electrons. The highest BCUT2D eigenvalue weighted by Crippen LogP contribution is 2.26. The summed E-state index contributed by atoms with van der Waals surface area (Å²) in [7, 11) is 0. The van der Waals surface area contributed by atoms with Crippen molar-refractivity contribution in [1.29, 1.82) is 0 Å². The first-order valence-electron chi connectivity index (χ1n) is 5.42. The van der Waals surface area contributed by atoms with Crippen LogP contribution in [0.3, 0.4) is 0 Å². The van der Waals surface area contributed by atoms with Crippen LogP contribution in [-0.4, -0.2) is 15.1 Å². The van der Waals surface area contributed by atoms with E-state index in [4.69, 9.17) is 0 Å². The highest BCUT2D eigenvalue weighted by Gasteiger charge is 2.13. The standard InChI is InChI=1S/C13H16N2O/c1-9-11(7-16)4-3-5-12(9)10(2)13-6-14-8-15-13/h3-6,8,10,16H,7H2,1-2H3,(H,14,15)/t10-/m1/s1. The minimum Gasteiger partial charge on any atom is -0.392 e. The summed E-state index contributed by atoms with van der Waals surface area (Å²) >= 11 is 0. The number of H-pyrrole nitrogens is 1. The summed E-state index contributed by atoms with van der Waals surface area (Å²) in [6.07, 6.45) is 3.60. The predicted octanol–water partition coefficient (Wildman–Crippen LogP) is 2.36. The van der Waals surface area contributed by atoms with E-state index in [0.29, 0.717) is 0 Å². The molecule has 1 heterocycles. The van der Waals surface area contributed by atoms with Crippen molar-refractivity contribution in [1.82, 2.24) is 9.97 Å². The molecule has 1 atom stereocenters. The van der Waals surface area contributed by atoms with Crippen LogP contribution in [0.4, 0.5) is 0 Å². The Balaban J connectivity index is 2.41. The molecule has 0 unspecified atom stereocenters. The molecule has 3 nitrogen and oxygen atoms in total. The number of aromatic nitrogens is 2.